The maximum atomic E-state index is 13.7. The number of carbonyl (C=O) groups is 2. The highest BCUT2D eigenvalue weighted by atomic mass is 19.1. The second-order valence-electron chi connectivity index (χ2n) is 5.97. The summed E-state index contributed by atoms with van der Waals surface area (Å²) in [6.07, 6.45) is 7.45. The third-order valence-corrected chi connectivity index (χ3v) is 4.07. The van der Waals surface area contributed by atoms with Gasteiger partial charge in [-0.3, -0.25) is 9.59 Å². The molecule has 2 N–H and O–H groups in total. The van der Waals surface area contributed by atoms with Crippen molar-refractivity contribution in [2.45, 2.75) is 51.9 Å². The fraction of sp³-hybridized carbons (Fsp3) is 0.529. The molecule has 120 valence electrons. The maximum Gasteiger partial charge on any atom is 0.224 e. The van der Waals surface area contributed by atoms with Crippen LogP contribution in [0, 0.1) is 11.7 Å². The van der Waals surface area contributed by atoms with E-state index in [9.17, 15) is 14.0 Å². The van der Waals surface area contributed by atoms with Crippen molar-refractivity contribution in [2.75, 3.05) is 10.6 Å². The van der Waals surface area contributed by atoms with Crippen LogP contribution in [0.5, 0.6) is 0 Å². The predicted octanol–water partition coefficient (Wildman–Crippen LogP) is 4.08. The molecule has 0 radical (unpaired) electrons. The summed E-state index contributed by atoms with van der Waals surface area (Å²) in [4.78, 5) is 23.0. The van der Waals surface area contributed by atoms with E-state index in [4.69, 9.17) is 0 Å². The van der Waals surface area contributed by atoms with Gasteiger partial charge in [-0.2, -0.15) is 0 Å². The molecular formula is C17H23FN2O2. The topological polar surface area (TPSA) is 58.2 Å². The average molecular weight is 306 g/mol. The molecule has 5 heteroatoms. The van der Waals surface area contributed by atoms with Crippen molar-refractivity contribution in [2.24, 2.45) is 5.92 Å². The summed E-state index contributed by atoms with van der Waals surface area (Å²) in [6, 6.07) is 4.14. The monoisotopic (exact) mass is 306 g/mol. The third kappa shape index (κ3) is 5.13. The summed E-state index contributed by atoms with van der Waals surface area (Å²) >= 11 is 0. The van der Waals surface area contributed by atoms with Crippen LogP contribution in [0.2, 0.25) is 0 Å². The Bertz CT molecular complexity index is 539. The van der Waals surface area contributed by atoms with E-state index in [-0.39, 0.29) is 17.5 Å². The number of halogens is 1. The molecule has 4 nitrogen and oxygen atoms in total. The minimum absolute atomic E-state index is 0.111. The van der Waals surface area contributed by atoms with Gasteiger partial charge in [0.25, 0.3) is 0 Å². The first-order chi connectivity index (χ1) is 10.5. The molecule has 1 aromatic carbocycles. The minimum atomic E-state index is -0.500. The van der Waals surface area contributed by atoms with Gasteiger partial charge in [-0.1, -0.05) is 32.1 Å². The Labute approximate surface area is 130 Å². The summed E-state index contributed by atoms with van der Waals surface area (Å²) in [5.41, 5.74) is 0.580. The lowest BCUT2D eigenvalue weighted by Gasteiger charge is -2.21. The van der Waals surface area contributed by atoms with E-state index in [2.05, 4.69) is 10.6 Å². The molecule has 0 heterocycles. The SMILES string of the molecule is CC(=O)Nc1ccc(F)c(NC(=O)CCC2CCCCC2)c1. The Balaban J connectivity index is 1.88. The molecule has 1 aromatic rings. The summed E-state index contributed by atoms with van der Waals surface area (Å²) in [5.74, 6) is -0.291. The number of anilines is 2. The number of rotatable bonds is 5. The highest BCUT2D eigenvalue weighted by Crippen LogP contribution is 2.27. The van der Waals surface area contributed by atoms with Gasteiger partial charge in [0.05, 0.1) is 5.69 Å². The molecule has 0 saturated heterocycles. The molecule has 2 rings (SSSR count). The van der Waals surface area contributed by atoms with Gasteiger partial charge in [0.2, 0.25) is 11.8 Å². The Morgan fingerprint density at radius 1 is 1.18 bits per heavy atom. The fourth-order valence-corrected chi connectivity index (χ4v) is 2.93. The van der Waals surface area contributed by atoms with E-state index in [0.717, 1.165) is 6.42 Å². The fourth-order valence-electron chi connectivity index (χ4n) is 2.93. The van der Waals surface area contributed by atoms with Crippen molar-refractivity contribution >= 4 is 23.2 Å². The Morgan fingerprint density at radius 2 is 1.91 bits per heavy atom. The predicted molar refractivity (Wildman–Crippen MR) is 85.1 cm³/mol. The van der Waals surface area contributed by atoms with Gasteiger partial charge in [-0.15, -0.1) is 0 Å². The minimum Gasteiger partial charge on any atom is -0.326 e. The van der Waals surface area contributed by atoms with Crippen LogP contribution in [-0.2, 0) is 9.59 Å². The zero-order valence-electron chi connectivity index (χ0n) is 13.0. The third-order valence-electron chi connectivity index (χ3n) is 4.07. The van der Waals surface area contributed by atoms with E-state index < -0.39 is 5.82 Å². The van der Waals surface area contributed by atoms with Gasteiger partial charge in [-0.05, 0) is 30.5 Å². The number of hydrogen-bond acceptors (Lipinski definition) is 2. The Morgan fingerprint density at radius 3 is 2.59 bits per heavy atom. The standard InChI is InChI=1S/C17H23FN2O2/c1-12(21)19-14-8-9-15(18)16(11-14)20-17(22)10-7-13-5-3-2-4-6-13/h8-9,11,13H,2-7,10H2,1H3,(H,19,21)(H,20,22). The first-order valence-electron chi connectivity index (χ1n) is 7.91. The molecule has 22 heavy (non-hydrogen) atoms. The van der Waals surface area contributed by atoms with E-state index in [0.29, 0.717) is 18.0 Å². The van der Waals surface area contributed by atoms with Gasteiger partial charge in [0.15, 0.2) is 0 Å². The molecule has 0 atom stereocenters. The summed E-state index contributed by atoms with van der Waals surface area (Å²) in [6.45, 7) is 1.38. The molecule has 1 aliphatic carbocycles. The van der Waals surface area contributed by atoms with Crippen molar-refractivity contribution < 1.29 is 14.0 Å². The van der Waals surface area contributed by atoms with E-state index in [1.54, 1.807) is 0 Å². The van der Waals surface area contributed by atoms with Gasteiger partial charge < -0.3 is 10.6 Å². The quantitative estimate of drug-likeness (QED) is 0.861. The molecule has 2 amide bonds. The maximum absolute atomic E-state index is 13.7. The first-order valence-corrected chi connectivity index (χ1v) is 7.91. The summed E-state index contributed by atoms with van der Waals surface area (Å²) in [7, 11) is 0. The molecule has 0 aromatic heterocycles. The zero-order valence-corrected chi connectivity index (χ0v) is 13.0. The molecule has 1 saturated carbocycles. The van der Waals surface area contributed by atoms with Crippen LogP contribution >= 0.6 is 0 Å². The van der Waals surface area contributed by atoms with Crippen molar-refractivity contribution in [3.8, 4) is 0 Å². The zero-order chi connectivity index (χ0) is 15.9. The summed E-state index contributed by atoms with van der Waals surface area (Å²) < 4.78 is 13.7. The van der Waals surface area contributed by atoms with Crippen LogP contribution in [-0.4, -0.2) is 11.8 Å². The molecular weight excluding hydrogens is 283 g/mol. The van der Waals surface area contributed by atoms with Gasteiger partial charge in [0.1, 0.15) is 5.82 Å². The van der Waals surface area contributed by atoms with E-state index in [1.165, 1.54) is 57.2 Å². The molecule has 0 spiro atoms. The first kappa shape index (κ1) is 16.5. The average Bonchev–Trinajstić information content (AvgIpc) is 2.49. The highest BCUT2D eigenvalue weighted by molar-refractivity contribution is 5.93. The lowest BCUT2D eigenvalue weighted by Crippen LogP contribution is -2.16. The molecule has 0 aliphatic heterocycles. The van der Waals surface area contributed by atoms with Crippen molar-refractivity contribution in [1.82, 2.24) is 0 Å². The van der Waals surface area contributed by atoms with Crippen molar-refractivity contribution in [3.05, 3.63) is 24.0 Å². The van der Waals surface area contributed by atoms with Crippen molar-refractivity contribution in [3.63, 3.8) is 0 Å². The van der Waals surface area contributed by atoms with Crippen LogP contribution < -0.4 is 10.6 Å². The number of benzene rings is 1. The lowest BCUT2D eigenvalue weighted by molar-refractivity contribution is -0.116. The second-order valence-corrected chi connectivity index (χ2v) is 5.97. The molecule has 0 bridgehead atoms. The van der Waals surface area contributed by atoms with Crippen molar-refractivity contribution in [1.29, 1.82) is 0 Å². The van der Waals surface area contributed by atoms with E-state index >= 15 is 0 Å². The largest absolute Gasteiger partial charge is 0.326 e. The van der Waals surface area contributed by atoms with E-state index in [1.807, 2.05) is 0 Å². The Kier molecular flexibility index (Phi) is 5.92. The van der Waals surface area contributed by atoms with Crippen LogP contribution in [0.1, 0.15) is 51.9 Å². The van der Waals surface area contributed by atoms with Gasteiger partial charge in [-0.25, -0.2) is 4.39 Å². The number of carbonyl (C=O) groups excluding carboxylic acids is 2. The van der Waals surface area contributed by atoms with Crippen LogP contribution in [0.3, 0.4) is 0 Å². The molecule has 1 fully saturated rings. The lowest BCUT2D eigenvalue weighted by atomic mass is 9.86. The second kappa shape index (κ2) is 7.92. The van der Waals surface area contributed by atoms with Crippen LogP contribution in [0.15, 0.2) is 18.2 Å². The van der Waals surface area contributed by atoms with Gasteiger partial charge >= 0.3 is 0 Å². The Hall–Kier alpha value is -1.91. The van der Waals surface area contributed by atoms with Crippen LogP contribution in [0.25, 0.3) is 0 Å². The summed E-state index contributed by atoms with van der Waals surface area (Å²) in [5, 5.41) is 5.17. The normalized spacial score (nSPS) is 15.4. The smallest absolute Gasteiger partial charge is 0.224 e. The number of amides is 2. The molecule has 0 unspecified atom stereocenters. The number of nitrogens with one attached hydrogen (secondary N) is 2. The highest BCUT2D eigenvalue weighted by Gasteiger charge is 2.15. The van der Waals surface area contributed by atoms with Crippen LogP contribution in [0.4, 0.5) is 15.8 Å². The van der Waals surface area contributed by atoms with Gasteiger partial charge in [0, 0.05) is 19.0 Å². The molecule has 1 aliphatic rings. The number of hydrogen-bond donors (Lipinski definition) is 2.